The van der Waals surface area contributed by atoms with Crippen LogP contribution in [0.4, 0.5) is 0 Å². The fraction of sp³-hybridized carbons (Fsp3) is 0.500. The maximum absolute atomic E-state index is 11.4. The van der Waals surface area contributed by atoms with Crippen LogP contribution in [0.25, 0.3) is 0 Å². The molecule has 0 fully saturated rings. The Kier molecular flexibility index (Phi) is 7.79. The van der Waals surface area contributed by atoms with E-state index in [4.69, 9.17) is 9.57 Å². The number of nitrogens with zero attached hydrogens (tertiary/aromatic N) is 1. The second kappa shape index (κ2) is 8.53. The number of likely N-dealkylation sites (N-methyl/N-ethyl adjacent to an activating group) is 1. The Morgan fingerprint density at radius 3 is 2.17 bits per heavy atom. The van der Waals surface area contributed by atoms with Gasteiger partial charge in [-0.2, -0.15) is 0 Å². The number of para-hydroxylation sites is 1. The van der Waals surface area contributed by atoms with Crippen LogP contribution >= 0.6 is 0 Å². The molecule has 0 aromatic heterocycles. The average Bonchev–Trinajstić information content (AvgIpc) is 2.39. The minimum absolute atomic E-state index is 0.0178. The molecular weight excluding hydrogens is 230 g/mol. The molecule has 0 aliphatic rings. The molecule has 1 rings (SSSR count). The van der Waals surface area contributed by atoms with E-state index in [0.29, 0.717) is 0 Å². The van der Waals surface area contributed by atoms with Crippen molar-refractivity contribution in [1.82, 2.24) is 5.06 Å². The van der Waals surface area contributed by atoms with E-state index in [0.717, 1.165) is 21.9 Å². The smallest absolute Gasteiger partial charge is 0.283 e. The Morgan fingerprint density at radius 2 is 1.72 bits per heavy atom. The van der Waals surface area contributed by atoms with E-state index in [1.54, 1.807) is 7.05 Å². The van der Waals surface area contributed by atoms with E-state index >= 15 is 0 Å². The molecule has 0 heterocycles. The first-order valence-corrected chi connectivity index (χ1v) is 6.06. The van der Waals surface area contributed by atoms with Crippen molar-refractivity contribution >= 4 is 5.91 Å². The normalized spacial score (nSPS) is 9.22. The summed E-state index contributed by atoms with van der Waals surface area (Å²) in [4.78, 5) is 16.2. The van der Waals surface area contributed by atoms with Crippen LogP contribution in [0.15, 0.2) is 18.2 Å². The molecule has 0 atom stereocenters. The van der Waals surface area contributed by atoms with Crippen LogP contribution in [0.2, 0.25) is 0 Å². The summed E-state index contributed by atoms with van der Waals surface area (Å²) in [5.74, 6) is 0.547. The van der Waals surface area contributed by atoms with Gasteiger partial charge in [-0.05, 0) is 25.0 Å². The van der Waals surface area contributed by atoms with Crippen molar-refractivity contribution < 1.29 is 14.4 Å². The lowest BCUT2D eigenvalue weighted by Gasteiger charge is -2.15. The zero-order valence-electron chi connectivity index (χ0n) is 12.1. The van der Waals surface area contributed by atoms with E-state index in [2.05, 4.69) is 0 Å². The Morgan fingerprint density at radius 1 is 1.22 bits per heavy atom. The van der Waals surface area contributed by atoms with Gasteiger partial charge < -0.3 is 4.74 Å². The third kappa shape index (κ3) is 4.75. The van der Waals surface area contributed by atoms with Gasteiger partial charge in [-0.15, -0.1) is 0 Å². The van der Waals surface area contributed by atoms with Gasteiger partial charge in [0.15, 0.2) is 6.61 Å². The lowest BCUT2D eigenvalue weighted by Crippen LogP contribution is -2.30. The van der Waals surface area contributed by atoms with Crippen LogP contribution in [-0.2, 0) is 9.63 Å². The van der Waals surface area contributed by atoms with E-state index in [1.165, 1.54) is 7.11 Å². The Hall–Kier alpha value is -1.55. The zero-order valence-corrected chi connectivity index (χ0v) is 12.1. The highest BCUT2D eigenvalue weighted by atomic mass is 16.7. The highest BCUT2D eigenvalue weighted by Crippen LogP contribution is 2.22. The fourth-order valence-corrected chi connectivity index (χ4v) is 1.35. The first-order valence-electron chi connectivity index (χ1n) is 6.06. The van der Waals surface area contributed by atoms with Crippen LogP contribution in [0.5, 0.6) is 5.75 Å². The number of rotatable bonds is 4. The zero-order chi connectivity index (χ0) is 14.1. The summed E-state index contributed by atoms with van der Waals surface area (Å²) >= 11 is 0. The number of hydroxylamine groups is 2. The molecule has 0 saturated carbocycles. The molecule has 4 heteroatoms. The number of amides is 1. The first kappa shape index (κ1) is 16.4. The van der Waals surface area contributed by atoms with Crippen molar-refractivity contribution in [2.45, 2.75) is 27.7 Å². The average molecular weight is 253 g/mol. The highest BCUT2D eigenvalue weighted by Gasteiger charge is 2.10. The summed E-state index contributed by atoms with van der Waals surface area (Å²) in [6, 6.07) is 5.86. The number of aryl methyl sites for hydroxylation is 2. The van der Waals surface area contributed by atoms with Crippen molar-refractivity contribution in [3.8, 4) is 5.75 Å². The van der Waals surface area contributed by atoms with Crippen LogP contribution < -0.4 is 4.74 Å². The minimum Gasteiger partial charge on any atom is -0.483 e. The molecule has 1 amide bonds. The van der Waals surface area contributed by atoms with E-state index in [-0.39, 0.29) is 12.5 Å². The molecule has 18 heavy (non-hydrogen) atoms. The van der Waals surface area contributed by atoms with Crippen LogP contribution in [0, 0.1) is 13.8 Å². The van der Waals surface area contributed by atoms with Gasteiger partial charge in [0, 0.05) is 7.05 Å². The van der Waals surface area contributed by atoms with Crippen molar-refractivity contribution in [2.75, 3.05) is 20.8 Å². The third-order valence-electron chi connectivity index (χ3n) is 2.37. The number of benzene rings is 1. The molecule has 102 valence electrons. The van der Waals surface area contributed by atoms with Gasteiger partial charge in [-0.25, -0.2) is 5.06 Å². The summed E-state index contributed by atoms with van der Waals surface area (Å²) in [6.07, 6.45) is 0. The summed E-state index contributed by atoms with van der Waals surface area (Å²) < 4.78 is 5.48. The second-order valence-electron chi connectivity index (χ2n) is 3.58. The molecule has 0 radical (unpaired) electrons. The summed E-state index contributed by atoms with van der Waals surface area (Å²) in [5.41, 5.74) is 2.04. The molecule has 0 bridgehead atoms. The molecule has 4 nitrogen and oxygen atoms in total. The SMILES string of the molecule is CC.CON(C)C(=O)COc1c(C)cccc1C. The molecule has 0 aliphatic carbocycles. The predicted octanol–water partition coefficient (Wildman–Crippen LogP) is 2.73. The predicted molar refractivity (Wildman–Crippen MR) is 72.5 cm³/mol. The van der Waals surface area contributed by atoms with Gasteiger partial charge in [-0.1, -0.05) is 32.0 Å². The first-order chi connectivity index (χ1) is 8.56. The molecule has 0 N–H and O–H groups in total. The topological polar surface area (TPSA) is 38.8 Å². The van der Waals surface area contributed by atoms with E-state index in [9.17, 15) is 4.79 Å². The molecular formula is C14H23NO3. The number of hydrogen-bond acceptors (Lipinski definition) is 3. The monoisotopic (exact) mass is 253 g/mol. The van der Waals surface area contributed by atoms with E-state index in [1.807, 2.05) is 45.9 Å². The fourth-order valence-electron chi connectivity index (χ4n) is 1.35. The third-order valence-corrected chi connectivity index (χ3v) is 2.37. The van der Waals surface area contributed by atoms with E-state index < -0.39 is 0 Å². The van der Waals surface area contributed by atoms with Gasteiger partial charge >= 0.3 is 0 Å². The number of carbonyl (C=O) groups is 1. The quantitative estimate of drug-likeness (QED) is 0.774. The molecule has 0 aliphatic heterocycles. The molecule has 0 saturated heterocycles. The van der Waals surface area contributed by atoms with Crippen LogP contribution in [-0.4, -0.2) is 31.7 Å². The Bertz CT molecular complexity index is 357. The summed E-state index contributed by atoms with van der Waals surface area (Å²) in [5, 5.41) is 1.15. The molecule has 0 spiro atoms. The van der Waals surface area contributed by atoms with Crippen molar-refractivity contribution in [1.29, 1.82) is 0 Å². The van der Waals surface area contributed by atoms with Gasteiger partial charge in [0.2, 0.25) is 0 Å². The number of hydrogen-bond donors (Lipinski definition) is 0. The molecule has 1 aromatic rings. The van der Waals surface area contributed by atoms with Gasteiger partial charge in [0.25, 0.3) is 5.91 Å². The Labute approximate surface area is 109 Å². The Balaban J connectivity index is 0.00000137. The lowest BCUT2D eigenvalue weighted by atomic mass is 10.1. The minimum atomic E-state index is -0.217. The largest absolute Gasteiger partial charge is 0.483 e. The standard InChI is InChI=1S/C12H17NO3.C2H6/c1-9-6-5-7-10(2)12(9)16-8-11(14)13(3)15-4;1-2/h5-7H,8H2,1-4H3;1-2H3. The summed E-state index contributed by atoms with van der Waals surface area (Å²) in [7, 11) is 2.99. The lowest BCUT2D eigenvalue weighted by molar-refractivity contribution is -0.170. The number of ether oxygens (including phenoxy) is 1. The highest BCUT2D eigenvalue weighted by molar-refractivity contribution is 5.76. The maximum Gasteiger partial charge on any atom is 0.283 e. The van der Waals surface area contributed by atoms with Gasteiger partial charge in [-0.3, -0.25) is 9.63 Å². The van der Waals surface area contributed by atoms with Crippen molar-refractivity contribution in [3.05, 3.63) is 29.3 Å². The van der Waals surface area contributed by atoms with Crippen LogP contribution in [0.1, 0.15) is 25.0 Å². The number of carbonyl (C=O) groups excluding carboxylic acids is 1. The second-order valence-corrected chi connectivity index (χ2v) is 3.58. The van der Waals surface area contributed by atoms with Crippen molar-refractivity contribution in [2.24, 2.45) is 0 Å². The summed E-state index contributed by atoms with van der Waals surface area (Å²) in [6.45, 7) is 7.88. The molecule has 0 unspecified atom stereocenters. The van der Waals surface area contributed by atoms with Crippen molar-refractivity contribution in [3.63, 3.8) is 0 Å². The van der Waals surface area contributed by atoms with Gasteiger partial charge in [0.05, 0.1) is 7.11 Å². The maximum atomic E-state index is 11.4. The van der Waals surface area contributed by atoms with Crippen LogP contribution in [0.3, 0.4) is 0 Å². The van der Waals surface area contributed by atoms with Gasteiger partial charge in [0.1, 0.15) is 5.75 Å². The molecule has 1 aromatic carbocycles.